The lowest BCUT2D eigenvalue weighted by atomic mass is 9.90. The molecule has 0 aliphatic carbocycles. The molecule has 148 valence electrons. The number of aliphatic hydroxyl groups is 1. The van der Waals surface area contributed by atoms with Crippen LogP contribution in [0.3, 0.4) is 0 Å². The van der Waals surface area contributed by atoms with Crippen LogP contribution < -0.4 is 4.74 Å². The van der Waals surface area contributed by atoms with E-state index < -0.39 is 0 Å². The number of hydrogen-bond donors (Lipinski definition) is 2. The second-order valence-corrected chi connectivity index (χ2v) is 8.17. The van der Waals surface area contributed by atoms with E-state index in [0.29, 0.717) is 23.6 Å². The summed E-state index contributed by atoms with van der Waals surface area (Å²) < 4.78 is 19.5. The quantitative estimate of drug-likeness (QED) is 0.649. The molecule has 0 saturated carbocycles. The zero-order valence-corrected chi connectivity index (χ0v) is 16.6. The Bertz CT molecular complexity index is 904. The van der Waals surface area contributed by atoms with Crippen molar-refractivity contribution in [3.05, 3.63) is 58.2 Å². The minimum absolute atomic E-state index is 0.290. The maximum absolute atomic E-state index is 14.5. The van der Waals surface area contributed by atoms with E-state index in [2.05, 4.69) is 15.1 Å². The summed E-state index contributed by atoms with van der Waals surface area (Å²) in [6.45, 7) is 2.52. The van der Waals surface area contributed by atoms with Gasteiger partial charge in [0.15, 0.2) is 0 Å². The van der Waals surface area contributed by atoms with Crippen LogP contribution in [-0.2, 0) is 6.54 Å². The summed E-state index contributed by atoms with van der Waals surface area (Å²) in [5, 5.41) is 19.7. The van der Waals surface area contributed by atoms with Gasteiger partial charge >= 0.3 is 0 Å². The molecule has 4 rings (SSSR count). The molecule has 1 aliphatic rings. The van der Waals surface area contributed by atoms with Gasteiger partial charge in [0.05, 0.1) is 25.1 Å². The Kier molecular flexibility index (Phi) is 5.75. The molecule has 1 unspecified atom stereocenters. The van der Waals surface area contributed by atoms with Gasteiger partial charge in [0.2, 0.25) is 0 Å². The van der Waals surface area contributed by atoms with Gasteiger partial charge in [0.1, 0.15) is 11.6 Å². The van der Waals surface area contributed by atoms with Gasteiger partial charge in [-0.3, -0.25) is 10.00 Å². The first-order valence-corrected chi connectivity index (χ1v) is 10.3. The third kappa shape index (κ3) is 3.97. The number of piperidine rings is 1. The van der Waals surface area contributed by atoms with E-state index in [1.165, 1.54) is 13.2 Å². The molecule has 1 fully saturated rings. The van der Waals surface area contributed by atoms with Crippen LogP contribution in [0, 0.1) is 11.7 Å². The van der Waals surface area contributed by atoms with Gasteiger partial charge in [0.25, 0.3) is 0 Å². The number of halogens is 1. The van der Waals surface area contributed by atoms with Crippen molar-refractivity contribution in [1.82, 2.24) is 15.1 Å². The lowest BCUT2D eigenvalue weighted by Gasteiger charge is -2.34. The SMILES string of the molecule is COc1ccc(-c2[nH]ncc2CN2CCC(C(O)c3cccs3)CC2)c(F)c1. The normalized spacial score (nSPS) is 17.0. The number of aliphatic hydroxyl groups excluding tert-OH is 1. The number of methoxy groups -OCH3 is 1. The first-order chi connectivity index (χ1) is 13.7. The fourth-order valence-electron chi connectivity index (χ4n) is 3.85. The van der Waals surface area contributed by atoms with Gasteiger partial charge < -0.3 is 9.84 Å². The Morgan fingerprint density at radius 2 is 2.18 bits per heavy atom. The van der Waals surface area contributed by atoms with Gasteiger partial charge in [-0.25, -0.2) is 4.39 Å². The largest absolute Gasteiger partial charge is 0.497 e. The Morgan fingerprint density at radius 3 is 2.86 bits per heavy atom. The summed E-state index contributed by atoms with van der Waals surface area (Å²) in [6.07, 6.45) is 3.29. The summed E-state index contributed by atoms with van der Waals surface area (Å²) in [7, 11) is 1.52. The van der Waals surface area contributed by atoms with Crippen molar-refractivity contribution in [2.75, 3.05) is 20.2 Å². The van der Waals surface area contributed by atoms with Crippen LogP contribution in [0.15, 0.2) is 41.9 Å². The van der Waals surface area contributed by atoms with E-state index in [9.17, 15) is 9.50 Å². The molecule has 3 heterocycles. The number of nitrogens with zero attached hydrogens (tertiary/aromatic N) is 2. The lowest BCUT2D eigenvalue weighted by Crippen LogP contribution is -2.35. The maximum atomic E-state index is 14.5. The number of aromatic amines is 1. The van der Waals surface area contributed by atoms with Gasteiger partial charge in [-0.15, -0.1) is 11.3 Å². The van der Waals surface area contributed by atoms with Gasteiger partial charge in [0, 0.05) is 28.6 Å². The minimum atomic E-state index is -0.375. The second-order valence-electron chi connectivity index (χ2n) is 7.19. The van der Waals surface area contributed by atoms with Crippen LogP contribution in [0.5, 0.6) is 5.75 Å². The van der Waals surface area contributed by atoms with E-state index in [0.717, 1.165) is 36.4 Å². The minimum Gasteiger partial charge on any atom is -0.497 e. The topological polar surface area (TPSA) is 61.4 Å². The third-order valence-corrected chi connectivity index (χ3v) is 6.41. The molecule has 1 saturated heterocycles. The molecule has 1 aromatic carbocycles. The number of benzene rings is 1. The summed E-state index contributed by atoms with van der Waals surface area (Å²) in [6, 6.07) is 8.84. The number of nitrogens with one attached hydrogen (secondary N) is 1. The molecule has 0 radical (unpaired) electrons. The molecule has 2 aromatic heterocycles. The van der Waals surface area contributed by atoms with E-state index in [-0.39, 0.29) is 17.8 Å². The highest BCUT2D eigenvalue weighted by molar-refractivity contribution is 7.10. The van der Waals surface area contributed by atoms with E-state index >= 15 is 0 Å². The van der Waals surface area contributed by atoms with Crippen LogP contribution in [0.4, 0.5) is 4.39 Å². The number of thiophene rings is 1. The number of likely N-dealkylation sites (tertiary alicyclic amines) is 1. The molecular weight excluding hydrogens is 377 g/mol. The molecule has 0 bridgehead atoms. The second kappa shape index (κ2) is 8.43. The van der Waals surface area contributed by atoms with Crippen molar-refractivity contribution in [1.29, 1.82) is 0 Å². The van der Waals surface area contributed by atoms with E-state index in [4.69, 9.17) is 4.74 Å². The first kappa shape index (κ1) is 19.1. The molecular formula is C21H24FN3O2S. The average Bonchev–Trinajstić information content (AvgIpc) is 3.40. The van der Waals surface area contributed by atoms with Crippen LogP contribution in [0.2, 0.25) is 0 Å². The Morgan fingerprint density at radius 1 is 1.36 bits per heavy atom. The standard InChI is InChI=1S/C21H24FN3O2S/c1-27-16-4-5-17(18(22)11-16)20-15(12-23-24-20)13-25-8-6-14(7-9-25)21(26)19-3-2-10-28-19/h2-5,10-12,14,21,26H,6-9,13H2,1H3,(H,23,24). The average molecular weight is 402 g/mol. The fourth-order valence-corrected chi connectivity index (χ4v) is 4.65. The maximum Gasteiger partial charge on any atom is 0.136 e. The van der Waals surface area contributed by atoms with Crippen LogP contribution >= 0.6 is 11.3 Å². The Labute approximate surface area is 167 Å². The highest BCUT2D eigenvalue weighted by atomic mass is 32.1. The molecule has 0 spiro atoms. The summed E-state index contributed by atoms with van der Waals surface area (Å²) in [4.78, 5) is 3.39. The monoisotopic (exact) mass is 401 g/mol. The molecule has 7 heteroatoms. The number of hydrogen-bond acceptors (Lipinski definition) is 5. The van der Waals surface area contributed by atoms with Crippen molar-refractivity contribution >= 4 is 11.3 Å². The number of ether oxygens (including phenoxy) is 1. The van der Waals surface area contributed by atoms with Crippen molar-refractivity contribution in [3.63, 3.8) is 0 Å². The third-order valence-electron chi connectivity index (χ3n) is 5.47. The fraction of sp³-hybridized carbons (Fsp3) is 0.381. The molecule has 3 aromatic rings. The van der Waals surface area contributed by atoms with Crippen molar-refractivity contribution in [3.8, 4) is 17.0 Å². The highest BCUT2D eigenvalue weighted by Crippen LogP contribution is 2.34. The van der Waals surface area contributed by atoms with E-state index in [1.54, 1.807) is 29.7 Å². The van der Waals surface area contributed by atoms with Gasteiger partial charge in [-0.2, -0.15) is 5.10 Å². The van der Waals surface area contributed by atoms with Crippen LogP contribution in [-0.4, -0.2) is 40.4 Å². The van der Waals surface area contributed by atoms with Gasteiger partial charge in [-0.05, 0) is 55.4 Å². The first-order valence-electron chi connectivity index (χ1n) is 9.45. The van der Waals surface area contributed by atoms with Gasteiger partial charge in [-0.1, -0.05) is 6.07 Å². The number of aromatic nitrogens is 2. The Hall–Kier alpha value is -2.22. The van der Waals surface area contributed by atoms with Crippen molar-refractivity contribution < 1.29 is 14.2 Å². The summed E-state index contributed by atoms with van der Waals surface area (Å²) in [5.41, 5.74) is 2.18. The predicted molar refractivity (Wildman–Crippen MR) is 108 cm³/mol. The van der Waals surface area contributed by atoms with Crippen molar-refractivity contribution in [2.24, 2.45) is 5.92 Å². The predicted octanol–water partition coefficient (Wildman–Crippen LogP) is 4.23. The highest BCUT2D eigenvalue weighted by Gasteiger charge is 2.27. The number of H-pyrrole nitrogens is 1. The molecule has 5 nitrogen and oxygen atoms in total. The smallest absolute Gasteiger partial charge is 0.136 e. The zero-order valence-electron chi connectivity index (χ0n) is 15.8. The van der Waals surface area contributed by atoms with Crippen molar-refractivity contribution in [2.45, 2.75) is 25.5 Å². The molecule has 0 amide bonds. The molecule has 1 aliphatic heterocycles. The molecule has 28 heavy (non-hydrogen) atoms. The Balaban J connectivity index is 1.41. The lowest BCUT2D eigenvalue weighted by molar-refractivity contribution is 0.0591. The van der Waals surface area contributed by atoms with E-state index in [1.807, 2.05) is 17.5 Å². The summed E-state index contributed by atoms with van der Waals surface area (Å²) in [5.74, 6) is 0.453. The molecule has 1 atom stereocenters. The van der Waals surface area contributed by atoms with Crippen LogP contribution in [0.1, 0.15) is 29.4 Å². The van der Waals surface area contributed by atoms with Crippen LogP contribution in [0.25, 0.3) is 11.3 Å². The number of rotatable bonds is 6. The molecule has 2 N–H and O–H groups in total. The summed E-state index contributed by atoms with van der Waals surface area (Å²) >= 11 is 1.61. The zero-order chi connectivity index (χ0) is 19.5.